The van der Waals surface area contributed by atoms with Gasteiger partial charge < -0.3 is 26.2 Å². The van der Waals surface area contributed by atoms with Crippen molar-refractivity contribution in [3.05, 3.63) is 40.3 Å². The van der Waals surface area contributed by atoms with Gasteiger partial charge in [-0.3, -0.25) is 5.41 Å². The van der Waals surface area contributed by atoms with Crippen LogP contribution < -0.4 is 21.5 Å². The molecule has 6 heteroatoms. The summed E-state index contributed by atoms with van der Waals surface area (Å²) in [6.07, 6.45) is 6.60. The quantitative estimate of drug-likeness (QED) is 0.395. The van der Waals surface area contributed by atoms with Gasteiger partial charge >= 0.3 is 0 Å². The molecule has 1 fully saturated rings. The molecule has 1 aliphatic carbocycles. The number of benzene rings is 1. The summed E-state index contributed by atoms with van der Waals surface area (Å²) in [6.45, 7) is 8.80. The van der Waals surface area contributed by atoms with Crippen molar-refractivity contribution in [3.8, 4) is 5.75 Å². The Morgan fingerprint density at radius 1 is 1.14 bits per heavy atom. The van der Waals surface area contributed by atoms with Gasteiger partial charge in [0.05, 0.1) is 0 Å². The van der Waals surface area contributed by atoms with Crippen LogP contribution in [0.2, 0.25) is 0 Å². The first kappa shape index (κ1) is 21.2. The normalized spacial score (nSPS) is 21.9. The molecule has 158 valence electrons. The summed E-state index contributed by atoms with van der Waals surface area (Å²) < 4.78 is 0. The summed E-state index contributed by atoms with van der Waals surface area (Å²) in [5, 5.41) is 33.6. The SMILES string of the molecule is CN(C(=N)C=CC(N)=c1cc2c(cc1O)=C(O)CC2)C1CC(C)(C)NC(C)(C)C1. The number of nitrogens with one attached hydrogen (secondary N) is 2. The van der Waals surface area contributed by atoms with Crippen molar-refractivity contribution in [3.63, 3.8) is 0 Å². The lowest BCUT2D eigenvalue weighted by Crippen LogP contribution is -2.62. The first-order chi connectivity index (χ1) is 13.4. The van der Waals surface area contributed by atoms with E-state index >= 15 is 0 Å². The number of likely N-dealkylation sites (N-methyl/N-ethyl adjacent to an activating group) is 1. The van der Waals surface area contributed by atoms with E-state index in [-0.39, 0.29) is 22.9 Å². The molecule has 6 N–H and O–H groups in total. The highest BCUT2D eigenvalue weighted by Gasteiger charge is 2.39. The van der Waals surface area contributed by atoms with Crippen molar-refractivity contribution in [1.82, 2.24) is 10.2 Å². The third kappa shape index (κ3) is 4.58. The number of aliphatic hydroxyl groups is 1. The molecule has 29 heavy (non-hydrogen) atoms. The monoisotopic (exact) mass is 398 g/mol. The highest BCUT2D eigenvalue weighted by molar-refractivity contribution is 5.91. The lowest BCUT2D eigenvalue weighted by Gasteiger charge is -2.49. The lowest BCUT2D eigenvalue weighted by molar-refractivity contribution is 0.114. The Bertz CT molecular complexity index is 959. The largest absolute Gasteiger partial charge is 0.512 e. The van der Waals surface area contributed by atoms with Crippen LogP contribution in [0.3, 0.4) is 0 Å². The zero-order valence-corrected chi connectivity index (χ0v) is 18.1. The number of nitrogens with two attached hydrogens (primary N) is 1. The van der Waals surface area contributed by atoms with E-state index in [0.29, 0.717) is 34.1 Å². The molecular formula is C23H34N4O2. The van der Waals surface area contributed by atoms with Crippen LogP contribution in [-0.4, -0.2) is 45.1 Å². The van der Waals surface area contributed by atoms with E-state index < -0.39 is 0 Å². The van der Waals surface area contributed by atoms with Crippen LogP contribution in [0.25, 0.3) is 11.5 Å². The van der Waals surface area contributed by atoms with Gasteiger partial charge in [-0.25, -0.2) is 0 Å². The maximum absolute atomic E-state index is 10.3. The number of phenols is 1. The van der Waals surface area contributed by atoms with Crippen LogP contribution in [0.15, 0.2) is 24.3 Å². The van der Waals surface area contributed by atoms with Gasteiger partial charge in [-0.2, -0.15) is 0 Å². The van der Waals surface area contributed by atoms with Crippen LogP contribution >= 0.6 is 0 Å². The van der Waals surface area contributed by atoms with E-state index in [0.717, 1.165) is 24.8 Å². The Morgan fingerprint density at radius 2 is 1.76 bits per heavy atom. The number of nitrogens with zero attached hydrogens (tertiary/aromatic N) is 1. The molecule has 1 saturated heterocycles. The molecule has 1 aromatic carbocycles. The first-order valence-electron chi connectivity index (χ1n) is 10.2. The van der Waals surface area contributed by atoms with Crippen LogP contribution in [0, 0.1) is 5.41 Å². The Balaban J connectivity index is 1.81. The number of aryl methyl sites for hydroxylation is 1. The van der Waals surface area contributed by atoms with Gasteiger partial charge in [-0.15, -0.1) is 0 Å². The van der Waals surface area contributed by atoms with Gasteiger partial charge in [0, 0.05) is 46.7 Å². The Kier molecular flexibility index (Phi) is 5.43. The number of amidine groups is 1. The Hall–Kier alpha value is -2.47. The summed E-state index contributed by atoms with van der Waals surface area (Å²) in [6, 6.07) is 3.66. The third-order valence-corrected chi connectivity index (χ3v) is 5.99. The highest BCUT2D eigenvalue weighted by Crippen LogP contribution is 2.31. The van der Waals surface area contributed by atoms with E-state index in [2.05, 4.69) is 33.0 Å². The third-order valence-electron chi connectivity index (χ3n) is 5.99. The maximum Gasteiger partial charge on any atom is 0.125 e. The summed E-state index contributed by atoms with van der Waals surface area (Å²) >= 11 is 0. The van der Waals surface area contributed by atoms with Gasteiger partial charge in [0.1, 0.15) is 17.3 Å². The molecule has 0 bridgehead atoms. The van der Waals surface area contributed by atoms with Crippen molar-refractivity contribution in [2.24, 2.45) is 5.73 Å². The summed E-state index contributed by atoms with van der Waals surface area (Å²) in [5.74, 6) is 0.742. The standard InChI is InChI=1S/C23H34N4O2/c1-22(2)12-15(13-23(3,4)26-22)27(5)21(25)9-7-18(24)17-10-14-6-8-19(28)16(14)11-20(17)29/h7,9-11,15,25-26,28-29H,6,8,12-13,24H2,1-5H3. The molecule has 0 aromatic heterocycles. The van der Waals surface area contributed by atoms with E-state index in [1.807, 2.05) is 18.0 Å². The molecule has 6 nitrogen and oxygen atoms in total. The fourth-order valence-corrected chi connectivity index (χ4v) is 4.84. The molecule has 0 spiro atoms. The van der Waals surface area contributed by atoms with E-state index in [4.69, 9.17) is 11.1 Å². The number of aliphatic hydroxyl groups excluding tert-OH is 1. The first-order valence-corrected chi connectivity index (χ1v) is 10.2. The minimum absolute atomic E-state index is 0.00854. The number of rotatable bonds is 3. The van der Waals surface area contributed by atoms with E-state index in [1.54, 1.807) is 18.2 Å². The summed E-state index contributed by atoms with van der Waals surface area (Å²) in [7, 11) is 1.95. The van der Waals surface area contributed by atoms with E-state index in [1.165, 1.54) is 0 Å². The average molecular weight is 399 g/mol. The van der Waals surface area contributed by atoms with Gasteiger partial charge in [0.25, 0.3) is 0 Å². The number of aromatic hydroxyl groups is 1. The second kappa shape index (κ2) is 7.41. The van der Waals surface area contributed by atoms with Crippen LogP contribution in [0.5, 0.6) is 5.75 Å². The molecule has 0 saturated carbocycles. The summed E-state index contributed by atoms with van der Waals surface area (Å²) in [4.78, 5) is 2.00. The van der Waals surface area contributed by atoms with Crippen LogP contribution in [0.4, 0.5) is 0 Å². The maximum atomic E-state index is 10.3. The number of hydrogen-bond donors (Lipinski definition) is 5. The van der Waals surface area contributed by atoms with Crippen molar-refractivity contribution < 1.29 is 10.2 Å². The molecule has 0 atom stereocenters. The molecule has 1 aromatic rings. The molecule has 1 heterocycles. The number of hydrogen-bond acceptors (Lipinski definition) is 5. The van der Waals surface area contributed by atoms with Crippen molar-refractivity contribution in [2.45, 2.75) is 70.5 Å². The Labute approximate surface area is 172 Å². The molecular weight excluding hydrogens is 364 g/mol. The predicted octanol–water partition coefficient (Wildman–Crippen LogP) is 1.85. The van der Waals surface area contributed by atoms with Gasteiger partial charge in [-0.05, 0) is 76.8 Å². The second-order valence-corrected chi connectivity index (χ2v) is 9.71. The topological polar surface area (TPSA) is 106 Å². The van der Waals surface area contributed by atoms with Crippen molar-refractivity contribution >= 4 is 17.3 Å². The van der Waals surface area contributed by atoms with E-state index in [9.17, 15) is 10.2 Å². The van der Waals surface area contributed by atoms with Crippen LogP contribution in [0.1, 0.15) is 52.5 Å². The average Bonchev–Trinajstić information content (AvgIpc) is 2.95. The lowest BCUT2D eigenvalue weighted by atomic mass is 9.79. The van der Waals surface area contributed by atoms with Crippen LogP contribution in [-0.2, 0) is 6.42 Å². The molecule has 0 unspecified atom stereocenters. The molecule has 0 radical (unpaired) electrons. The number of fused-ring (bicyclic) bond motifs is 1. The number of phenolic OH excluding ortho intramolecular Hbond substituents is 1. The van der Waals surface area contributed by atoms with Gasteiger partial charge in [0.2, 0.25) is 0 Å². The minimum atomic E-state index is 0.00854. The molecule has 1 aliphatic heterocycles. The highest BCUT2D eigenvalue weighted by atomic mass is 16.3. The zero-order valence-electron chi connectivity index (χ0n) is 18.1. The second-order valence-electron chi connectivity index (χ2n) is 9.71. The smallest absolute Gasteiger partial charge is 0.125 e. The predicted molar refractivity (Wildman–Crippen MR) is 118 cm³/mol. The molecule has 2 aliphatic rings. The van der Waals surface area contributed by atoms with Crippen molar-refractivity contribution in [1.29, 1.82) is 5.41 Å². The zero-order chi connectivity index (χ0) is 21.6. The minimum Gasteiger partial charge on any atom is -0.512 e. The fraction of sp³-hybridized carbons (Fsp3) is 0.522. The van der Waals surface area contributed by atoms with Crippen molar-refractivity contribution in [2.75, 3.05) is 7.05 Å². The summed E-state index contributed by atoms with van der Waals surface area (Å²) in [5.41, 5.74) is 7.62. The molecule has 0 amide bonds. The number of piperidine rings is 1. The van der Waals surface area contributed by atoms with Gasteiger partial charge in [0.15, 0.2) is 0 Å². The molecule has 3 rings (SSSR count). The Morgan fingerprint density at radius 3 is 2.38 bits per heavy atom. The fourth-order valence-electron chi connectivity index (χ4n) is 4.84. The van der Waals surface area contributed by atoms with Gasteiger partial charge in [-0.1, -0.05) is 0 Å².